The van der Waals surface area contributed by atoms with Crippen LogP contribution in [0.4, 0.5) is 5.69 Å². The normalized spacial score (nSPS) is 12.0. The van der Waals surface area contributed by atoms with Crippen LogP contribution in [0.1, 0.15) is 192 Å². The standard InChI is InChI=1S/C44H72N2O9/c1-7-10-12-14-16-18-20-22-24-26-30-45(31-27-25-23-21-19-17-15-13-11-8-2)41(48)36-28-29-37(39(33-36)46(51)52)35-54-42(49)38(34-40(47)53-32-9-3)43(50)55-44(4,5)6/h9,28-29,32-33,38H,7-8,10-27,30-31,34-35H2,1-6H3. The Labute approximate surface area is 331 Å². The summed E-state index contributed by atoms with van der Waals surface area (Å²) in [6.45, 7) is 11.6. The number of esters is 3. The van der Waals surface area contributed by atoms with Crippen molar-refractivity contribution in [3.05, 3.63) is 51.8 Å². The Morgan fingerprint density at radius 3 is 1.65 bits per heavy atom. The SMILES string of the molecule is CC=COC(=O)CC(C(=O)OCc1ccc(C(=O)N(CCCCCCCCCCCC)CCCCCCCCCCCC)cc1[N+](=O)[O-])C(=O)OC(C)(C)C. The number of unbranched alkanes of at least 4 members (excludes halogenated alkanes) is 18. The molecule has 1 rings (SSSR count). The van der Waals surface area contributed by atoms with Gasteiger partial charge in [-0.15, -0.1) is 0 Å². The van der Waals surface area contributed by atoms with Crippen LogP contribution in [0.5, 0.6) is 0 Å². The number of ether oxygens (including phenoxy) is 3. The van der Waals surface area contributed by atoms with E-state index in [0.29, 0.717) is 13.1 Å². The van der Waals surface area contributed by atoms with Crippen molar-refractivity contribution in [2.45, 2.75) is 189 Å². The summed E-state index contributed by atoms with van der Waals surface area (Å²) in [6, 6.07) is 4.15. The fraction of sp³-hybridized carbons (Fsp3) is 0.727. The van der Waals surface area contributed by atoms with Crippen LogP contribution >= 0.6 is 0 Å². The predicted octanol–water partition coefficient (Wildman–Crippen LogP) is 11.3. The number of carbonyl (C=O) groups excluding carboxylic acids is 4. The smallest absolute Gasteiger partial charge is 0.321 e. The summed E-state index contributed by atoms with van der Waals surface area (Å²) in [5, 5.41) is 12.2. The molecule has 0 aliphatic rings. The third kappa shape index (κ3) is 23.0. The molecule has 1 unspecified atom stereocenters. The van der Waals surface area contributed by atoms with Crippen LogP contribution in [-0.4, -0.2) is 52.3 Å². The second-order valence-electron chi connectivity index (χ2n) is 15.6. The number of hydrogen-bond donors (Lipinski definition) is 0. The van der Waals surface area contributed by atoms with E-state index in [1.54, 1.807) is 27.7 Å². The Balaban J connectivity index is 2.99. The topological polar surface area (TPSA) is 142 Å². The monoisotopic (exact) mass is 773 g/mol. The molecule has 1 amide bonds. The van der Waals surface area contributed by atoms with Crippen LogP contribution < -0.4 is 0 Å². The first-order valence-electron chi connectivity index (χ1n) is 21.1. The summed E-state index contributed by atoms with van der Waals surface area (Å²) in [5.41, 5.74) is -1.08. The quantitative estimate of drug-likeness (QED) is 0.0137. The van der Waals surface area contributed by atoms with Crippen molar-refractivity contribution in [2.75, 3.05) is 13.1 Å². The molecule has 55 heavy (non-hydrogen) atoms. The van der Waals surface area contributed by atoms with E-state index in [4.69, 9.17) is 14.2 Å². The van der Waals surface area contributed by atoms with Gasteiger partial charge in [-0.3, -0.25) is 29.3 Å². The van der Waals surface area contributed by atoms with E-state index in [1.807, 2.05) is 4.90 Å². The maximum atomic E-state index is 13.9. The summed E-state index contributed by atoms with van der Waals surface area (Å²) in [5.74, 6) is -4.80. The molecule has 0 heterocycles. The van der Waals surface area contributed by atoms with Crippen molar-refractivity contribution in [3.8, 4) is 0 Å². The average molecular weight is 773 g/mol. The van der Waals surface area contributed by atoms with Gasteiger partial charge in [-0.1, -0.05) is 135 Å². The lowest BCUT2D eigenvalue weighted by molar-refractivity contribution is -0.385. The molecular formula is C44H72N2O9. The highest BCUT2D eigenvalue weighted by Crippen LogP contribution is 2.25. The zero-order chi connectivity index (χ0) is 40.9. The molecule has 0 saturated heterocycles. The van der Waals surface area contributed by atoms with Gasteiger partial charge in [-0.25, -0.2) is 0 Å². The van der Waals surface area contributed by atoms with Crippen LogP contribution in [0.25, 0.3) is 0 Å². The summed E-state index contributed by atoms with van der Waals surface area (Å²) in [6.07, 6.45) is 25.7. The van der Waals surface area contributed by atoms with Gasteiger partial charge in [0.2, 0.25) is 0 Å². The number of hydrogen-bond acceptors (Lipinski definition) is 9. The molecule has 0 fully saturated rings. The molecule has 11 nitrogen and oxygen atoms in total. The van der Waals surface area contributed by atoms with Gasteiger partial charge in [-0.2, -0.15) is 0 Å². The zero-order valence-electron chi connectivity index (χ0n) is 35.0. The number of nitrogens with zero attached hydrogens (tertiary/aromatic N) is 2. The number of allylic oxidation sites excluding steroid dienone is 1. The maximum Gasteiger partial charge on any atom is 0.321 e. The number of nitro groups is 1. The van der Waals surface area contributed by atoms with Crippen molar-refractivity contribution in [1.29, 1.82) is 0 Å². The number of carbonyl (C=O) groups is 4. The fourth-order valence-corrected chi connectivity index (χ4v) is 6.31. The van der Waals surface area contributed by atoms with Crippen molar-refractivity contribution < 1.29 is 38.3 Å². The van der Waals surface area contributed by atoms with Gasteiger partial charge in [0.15, 0.2) is 5.92 Å². The molecule has 11 heteroatoms. The second-order valence-corrected chi connectivity index (χ2v) is 15.6. The Kier molecular flexibility index (Phi) is 26.4. The largest absolute Gasteiger partial charge is 0.460 e. The van der Waals surface area contributed by atoms with E-state index >= 15 is 0 Å². The Hall–Kier alpha value is -3.76. The van der Waals surface area contributed by atoms with E-state index in [-0.39, 0.29) is 22.7 Å². The minimum Gasteiger partial charge on any atom is -0.460 e. The van der Waals surface area contributed by atoms with Crippen LogP contribution in [0.3, 0.4) is 0 Å². The second kappa shape index (κ2) is 29.5. The number of nitro benzene ring substituents is 1. The lowest BCUT2D eigenvalue weighted by Gasteiger charge is -2.23. The molecular weight excluding hydrogens is 700 g/mol. The molecule has 1 atom stereocenters. The lowest BCUT2D eigenvalue weighted by Crippen LogP contribution is -2.35. The number of amides is 1. The summed E-state index contributed by atoms with van der Waals surface area (Å²) in [4.78, 5) is 65.5. The Morgan fingerprint density at radius 1 is 0.745 bits per heavy atom. The van der Waals surface area contributed by atoms with Crippen molar-refractivity contribution in [1.82, 2.24) is 4.90 Å². The van der Waals surface area contributed by atoms with Gasteiger partial charge in [0, 0.05) is 24.7 Å². The van der Waals surface area contributed by atoms with Gasteiger partial charge in [0.25, 0.3) is 11.6 Å². The van der Waals surface area contributed by atoms with E-state index in [9.17, 15) is 29.3 Å². The maximum absolute atomic E-state index is 13.9. The highest BCUT2D eigenvalue weighted by Gasteiger charge is 2.35. The van der Waals surface area contributed by atoms with Gasteiger partial charge >= 0.3 is 17.9 Å². The van der Waals surface area contributed by atoms with E-state index in [1.165, 1.54) is 114 Å². The van der Waals surface area contributed by atoms with Gasteiger partial charge in [0.1, 0.15) is 12.2 Å². The summed E-state index contributed by atoms with van der Waals surface area (Å²) < 4.78 is 15.5. The van der Waals surface area contributed by atoms with Crippen LogP contribution in [0, 0.1) is 16.0 Å². The summed E-state index contributed by atoms with van der Waals surface area (Å²) >= 11 is 0. The first kappa shape index (κ1) is 49.3. The third-order valence-electron chi connectivity index (χ3n) is 9.43. The molecule has 0 spiro atoms. The summed E-state index contributed by atoms with van der Waals surface area (Å²) in [7, 11) is 0. The molecule has 0 N–H and O–H groups in total. The van der Waals surface area contributed by atoms with Crippen LogP contribution in [-0.2, 0) is 35.2 Å². The molecule has 0 aliphatic heterocycles. The molecule has 0 aliphatic carbocycles. The molecule has 0 saturated carbocycles. The Bertz CT molecular complexity index is 1280. The highest BCUT2D eigenvalue weighted by molar-refractivity contribution is 5.98. The molecule has 1 aromatic carbocycles. The van der Waals surface area contributed by atoms with Crippen LogP contribution in [0.15, 0.2) is 30.5 Å². The minimum atomic E-state index is -1.64. The minimum absolute atomic E-state index is 0.0465. The van der Waals surface area contributed by atoms with Gasteiger partial charge in [0.05, 0.1) is 23.2 Å². The number of benzene rings is 1. The van der Waals surface area contributed by atoms with Gasteiger partial charge < -0.3 is 19.1 Å². The molecule has 0 bridgehead atoms. The van der Waals surface area contributed by atoms with Crippen molar-refractivity contribution >= 4 is 29.5 Å². The van der Waals surface area contributed by atoms with E-state index < -0.39 is 47.4 Å². The van der Waals surface area contributed by atoms with Gasteiger partial charge in [-0.05, 0) is 52.7 Å². The average Bonchev–Trinajstić information content (AvgIpc) is 3.14. The first-order valence-corrected chi connectivity index (χ1v) is 21.1. The van der Waals surface area contributed by atoms with Crippen LogP contribution in [0.2, 0.25) is 0 Å². The predicted molar refractivity (Wildman–Crippen MR) is 217 cm³/mol. The molecule has 1 aromatic rings. The third-order valence-corrected chi connectivity index (χ3v) is 9.43. The molecule has 0 radical (unpaired) electrons. The van der Waals surface area contributed by atoms with Crippen molar-refractivity contribution in [3.63, 3.8) is 0 Å². The zero-order valence-corrected chi connectivity index (χ0v) is 35.0. The van der Waals surface area contributed by atoms with E-state index in [2.05, 4.69) is 13.8 Å². The van der Waals surface area contributed by atoms with E-state index in [0.717, 1.165) is 44.8 Å². The fourth-order valence-electron chi connectivity index (χ4n) is 6.31. The highest BCUT2D eigenvalue weighted by atomic mass is 16.6. The van der Waals surface area contributed by atoms with Crippen molar-refractivity contribution in [2.24, 2.45) is 5.92 Å². The lowest BCUT2D eigenvalue weighted by atomic mass is 10.0. The molecule has 312 valence electrons. The number of rotatable bonds is 31. The molecule has 0 aromatic heterocycles. The first-order chi connectivity index (χ1) is 26.3. The Morgan fingerprint density at radius 2 is 1.22 bits per heavy atom.